The molecule has 0 aromatic carbocycles. The van der Waals surface area contributed by atoms with Gasteiger partial charge in [0.15, 0.2) is 0 Å². The first kappa shape index (κ1) is 8.02. The van der Waals surface area contributed by atoms with Gasteiger partial charge in [-0.15, -0.1) is 0 Å². The Labute approximate surface area is 63.4 Å². The van der Waals surface area contributed by atoms with E-state index in [1.807, 2.05) is 0 Å². The third-order valence-electron chi connectivity index (χ3n) is 2.39. The smallest absolute Gasteiger partial charge is 0.00627 e. The number of nitrogens with two attached hydrogens (primary N) is 1. The van der Waals surface area contributed by atoms with Gasteiger partial charge in [-0.2, -0.15) is 0 Å². The van der Waals surface area contributed by atoms with Gasteiger partial charge in [-0.1, -0.05) is 6.92 Å². The van der Waals surface area contributed by atoms with Gasteiger partial charge in [-0.05, 0) is 13.8 Å². The fourth-order valence-corrected chi connectivity index (χ4v) is 1.43. The van der Waals surface area contributed by atoms with Crippen LogP contribution in [0.4, 0.5) is 0 Å². The standard InChI is InChI=1S/C8H18N2/c1-7(2)10-5-8(3,4-9)6-10/h7H,4-6,9H2,1-3H3. The van der Waals surface area contributed by atoms with Crippen LogP contribution in [0.15, 0.2) is 0 Å². The topological polar surface area (TPSA) is 29.3 Å². The zero-order valence-corrected chi connectivity index (χ0v) is 7.22. The molecule has 2 heteroatoms. The van der Waals surface area contributed by atoms with Crippen LogP contribution >= 0.6 is 0 Å². The molecule has 1 heterocycles. The summed E-state index contributed by atoms with van der Waals surface area (Å²) in [6.45, 7) is 9.91. The molecule has 0 aromatic heterocycles. The zero-order valence-electron chi connectivity index (χ0n) is 7.22. The molecule has 1 fully saturated rings. The molecule has 60 valence electrons. The minimum atomic E-state index is 0.421. The zero-order chi connectivity index (χ0) is 7.78. The molecule has 0 unspecified atom stereocenters. The van der Waals surface area contributed by atoms with Crippen molar-refractivity contribution in [3.05, 3.63) is 0 Å². The highest BCUT2D eigenvalue weighted by Crippen LogP contribution is 2.29. The Morgan fingerprint density at radius 2 is 2.00 bits per heavy atom. The summed E-state index contributed by atoms with van der Waals surface area (Å²) in [5, 5.41) is 0. The van der Waals surface area contributed by atoms with Crippen LogP contribution in [-0.4, -0.2) is 30.6 Å². The molecule has 0 atom stereocenters. The molecule has 2 N–H and O–H groups in total. The molecular formula is C8H18N2. The van der Waals surface area contributed by atoms with Gasteiger partial charge < -0.3 is 5.73 Å². The highest BCUT2D eigenvalue weighted by atomic mass is 15.2. The molecule has 0 saturated carbocycles. The summed E-state index contributed by atoms with van der Waals surface area (Å²) < 4.78 is 0. The van der Waals surface area contributed by atoms with Crippen LogP contribution in [0, 0.1) is 5.41 Å². The van der Waals surface area contributed by atoms with E-state index in [0.717, 1.165) is 6.54 Å². The van der Waals surface area contributed by atoms with Crippen LogP contribution in [0.3, 0.4) is 0 Å². The fourth-order valence-electron chi connectivity index (χ4n) is 1.43. The highest BCUT2D eigenvalue weighted by Gasteiger charge is 2.38. The summed E-state index contributed by atoms with van der Waals surface area (Å²) >= 11 is 0. The van der Waals surface area contributed by atoms with Crippen molar-refractivity contribution in [3.63, 3.8) is 0 Å². The van der Waals surface area contributed by atoms with Crippen molar-refractivity contribution in [3.8, 4) is 0 Å². The van der Waals surface area contributed by atoms with E-state index < -0.39 is 0 Å². The molecule has 1 saturated heterocycles. The fraction of sp³-hybridized carbons (Fsp3) is 1.00. The summed E-state index contributed by atoms with van der Waals surface area (Å²) in [6.07, 6.45) is 0. The quantitative estimate of drug-likeness (QED) is 0.614. The van der Waals surface area contributed by atoms with E-state index in [2.05, 4.69) is 25.7 Å². The van der Waals surface area contributed by atoms with Crippen molar-refractivity contribution in [1.82, 2.24) is 4.90 Å². The maximum absolute atomic E-state index is 5.60. The molecule has 0 aliphatic carbocycles. The maximum Gasteiger partial charge on any atom is 0.00627 e. The Morgan fingerprint density at radius 3 is 2.30 bits per heavy atom. The number of rotatable bonds is 2. The molecule has 1 aliphatic rings. The summed E-state index contributed by atoms with van der Waals surface area (Å²) in [4.78, 5) is 2.45. The normalized spacial score (nSPS) is 24.9. The lowest BCUT2D eigenvalue weighted by molar-refractivity contribution is -0.00137. The van der Waals surface area contributed by atoms with Gasteiger partial charge in [-0.25, -0.2) is 0 Å². The second-order valence-corrected chi connectivity index (χ2v) is 4.01. The van der Waals surface area contributed by atoms with E-state index in [1.54, 1.807) is 0 Å². The van der Waals surface area contributed by atoms with Gasteiger partial charge in [-0.3, -0.25) is 4.90 Å². The first-order chi connectivity index (χ1) is 4.57. The first-order valence-electron chi connectivity index (χ1n) is 4.01. The second-order valence-electron chi connectivity index (χ2n) is 4.01. The summed E-state index contributed by atoms with van der Waals surface area (Å²) in [7, 11) is 0. The Kier molecular flexibility index (Phi) is 2.02. The van der Waals surface area contributed by atoms with Crippen molar-refractivity contribution in [1.29, 1.82) is 0 Å². The molecule has 1 aliphatic heterocycles. The number of likely N-dealkylation sites (tertiary alicyclic amines) is 1. The van der Waals surface area contributed by atoms with E-state index >= 15 is 0 Å². The number of hydrogen-bond donors (Lipinski definition) is 1. The molecule has 2 nitrogen and oxygen atoms in total. The lowest BCUT2D eigenvalue weighted by atomic mass is 9.81. The lowest BCUT2D eigenvalue weighted by Gasteiger charge is -2.49. The average molecular weight is 142 g/mol. The third kappa shape index (κ3) is 1.32. The Morgan fingerprint density at radius 1 is 1.50 bits per heavy atom. The number of nitrogens with zero attached hydrogens (tertiary/aromatic N) is 1. The average Bonchev–Trinajstić information content (AvgIpc) is 1.80. The molecular weight excluding hydrogens is 124 g/mol. The molecule has 0 bridgehead atoms. The van der Waals surface area contributed by atoms with Gasteiger partial charge in [0.25, 0.3) is 0 Å². The van der Waals surface area contributed by atoms with E-state index in [0.29, 0.717) is 11.5 Å². The Bertz CT molecular complexity index is 114. The van der Waals surface area contributed by atoms with Crippen LogP contribution in [0.1, 0.15) is 20.8 Å². The molecule has 10 heavy (non-hydrogen) atoms. The SMILES string of the molecule is CC(C)N1CC(C)(CN)C1. The van der Waals surface area contributed by atoms with Gasteiger partial charge >= 0.3 is 0 Å². The van der Waals surface area contributed by atoms with Crippen LogP contribution < -0.4 is 5.73 Å². The van der Waals surface area contributed by atoms with Crippen molar-refractivity contribution < 1.29 is 0 Å². The summed E-state index contributed by atoms with van der Waals surface area (Å²) in [6, 6.07) is 0.694. The predicted octanol–water partition coefficient (Wildman–Crippen LogP) is 0.675. The summed E-state index contributed by atoms with van der Waals surface area (Å²) in [5.74, 6) is 0. The van der Waals surface area contributed by atoms with E-state index in [9.17, 15) is 0 Å². The van der Waals surface area contributed by atoms with Gasteiger partial charge in [0.05, 0.1) is 0 Å². The molecule has 0 amide bonds. The van der Waals surface area contributed by atoms with Crippen molar-refractivity contribution in [2.75, 3.05) is 19.6 Å². The molecule has 0 radical (unpaired) electrons. The second kappa shape index (κ2) is 2.51. The molecule has 1 rings (SSSR count). The van der Waals surface area contributed by atoms with Crippen molar-refractivity contribution in [2.24, 2.45) is 11.1 Å². The predicted molar refractivity (Wildman–Crippen MR) is 43.9 cm³/mol. The maximum atomic E-state index is 5.60. The summed E-state index contributed by atoms with van der Waals surface area (Å²) in [5.41, 5.74) is 6.02. The van der Waals surface area contributed by atoms with Gasteiger partial charge in [0, 0.05) is 31.1 Å². The van der Waals surface area contributed by atoms with Gasteiger partial charge in [0.2, 0.25) is 0 Å². The van der Waals surface area contributed by atoms with Crippen molar-refractivity contribution >= 4 is 0 Å². The molecule has 0 aromatic rings. The van der Waals surface area contributed by atoms with Crippen molar-refractivity contribution in [2.45, 2.75) is 26.8 Å². The lowest BCUT2D eigenvalue weighted by Crippen LogP contribution is -2.60. The van der Waals surface area contributed by atoms with Gasteiger partial charge in [0.1, 0.15) is 0 Å². The van der Waals surface area contributed by atoms with Crippen LogP contribution in [0.25, 0.3) is 0 Å². The van der Waals surface area contributed by atoms with Crippen LogP contribution in [0.5, 0.6) is 0 Å². The minimum absolute atomic E-state index is 0.421. The Hall–Kier alpha value is -0.0800. The Balaban J connectivity index is 2.29. The molecule has 0 spiro atoms. The monoisotopic (exact) mass is 142 g/mol. The van der Waals surface area contributed by atoms with E-state index in [-0.39, 0.29) is 0 Å². The first-order valence-corrected chi connectivity index (χ1v) is 4.01. The van der Waals surface area contributed by atoms with Crippen LogP contribution in [-0.2, 0) is 0 Å². The van der Waals surface area contributed by atoms with E-state index in [1.165, 1.54) is 13.1 Å². The number of hydrogen-bond acceptors (Lipinski definition) is 2. The minimum Gasteiger partial charge on any atom is -0.330 e. The van der Waals surface area contributed by atoms with E-state index in [4.69, 9.17) is 5.73 Å². The van der Waals surface area contributed by atoms with Crippen LogP contribution in [0.2, 0.25) is 0 Å². The highest BCUT2D eigenvalue weighted by molar-refractivity contribution is 4.93. The third-order valence-corrected chi connectivity index (χ3v) is 2.39. The largest absolute Gasteiger partial charge is 0.330 e.